The molecule has 0 rings (SSSR count). The third-order valence-corrected chi connectivity index (χ3v) is 1.68. The molecule has 13 heavy (non-hydrogen) atoms. The molecule has 0 aliphatic heterocycles. The highest BCUT2D eigenvalue weighted by atomic mass is 16.5. The van der Waals surface area contributed by atoms with Crippen LogP contribution < -0.4 is 5.32 Å². The molecule has 0 spiro atoms. The average molecular weight is 189 g/mol. The molecule has 0 heterocycles. The fourth-order valence-electron chi connectivity index (χ4n) is 0.906. The summed E-state index contributed by atoms with van der Waals surface area (Å²) in [5.41, 5.74) is 0. The minimum absolute atomic E-state index is 0.204. The van der Waals surface area contributed by atoms with E-state index in [2.05, 4.69) is 5.32 Å². The fourth-order valence-corrected chi connectivity index (χ4v) is 0.906. The number of rotatable bonds is 7. The molecule has 0 amide bonds. The third-order valence-electron chi connectivity index (χ3n) is 1.68. The van der Waals surface area contributed by atoms with Crippen LogP contribution in [0.4, 0.5) is 0 Å². The standard InChI is InChI=1S/C9H19NO3/c1-3-13-9(12)8(2)10-6-4-5-7-11/h8,10-11H,3-7H2,1-2H3. The largest absolute Gasteiger partial charge is 0.465 e. The molecule has 0 aliphatic rings. The summed E-state index contributed by atoms with van der Waals surface area (Å²) in [5, 5.41) is 11.5. The van der Waals surface area contributed by atoms with Gasteiger partial charge in [-0.3, -0.25) is 4.79 Å². The van der Waals surface area contributed by atoms with Crippen molar-refractivity contribution in [3.63, 3.8) is 0 Å². The third kappa shape index (κ3) is 6.54. The van der Waals surface area contributed by atoms with Crippen molar-refractivity contribution in [3.8, 4) is 0 Å². The van der Waals surface area contributed by atoms with Crippen LogP contribution in [0.5, 0.6) is 0 Å². The summed E-state index contributed by atoms with van der Waals surface area (Å²) in [7, 11) is 0. The summed E-state index contributed by atoms with van der Waals surface area (Å²) < 4.78 is 4.81. The normalized spacial score (nSPS) is 12.5. The van der Waals surface area contributed by atoms with Crippen LogP contribution in [0.25, 0.3) is 0 Å². The highest BCUT2D eigenvalue weighted by Gasteiger charge is 2.11. The van der Waals surface area contributed by atoms with Crippen molar-refractivity contribution in [1.29, 1.82) is 0 Å². The molecular weight excluding hydrogens is 170 g/mol. The Balaban J connectivity index is 3.38. The minimum atomic E-state index is -0.251. The van der Waals surface area contributed by atoms with Gasteiger partial charge >= 0.3 is 5.97 Å². The number of carbonyl (C=O) groups excluding carboxylic acids is 1. The molecule has 4 heteroatoms. The Labute approximate surface area is 79.3 Å². The SMILES string of the molecule is CCOC(=O)C(C)NCCCCO. The number of hydrogen-bond acceptors (Lipinski definition) is 4. The Morgan fingerprint density at radius 2 is 2.23 bits per heavy atom. The summed E-state index contributed by atoms with van der Waals surface area (Å²) in [4.78, 5) is 11.1. The lowest BCUT2D eigenvalue weighted by Crippen LogP contribution is -2.35. The topological polar surface area (TPSA) is 58.6 Å². The smallest absolute Gasteiger partial charge is 0.322 e. The van der Waals surface area contributed by atoms with Gasteiger partial charge in [-0.2, -0.15) is 0 Å². The summed E-state index contributed by atoms with van der Waals surface area (Å²) >= 11 is 0. The minimum Gasteiger partial charge on any atom is -0.465 e. The van der Waals surface area contributed by atoms with Crippen molar-refractivity contribution in [3.05, 3.63) is 0 Å². The van der Waals surface area contributed by atoms with Crippen LogP contribution in [-0.4, -0.2) is 36.9 Å². The Morgan fingerprint density at radius 1 is 1.54 bits per heavy atom. The second-order valence-corrected chi connectivity index (χ2v) is 2.86. The molecule has 0 aliphatic carbocycles. The van der Waals surface area contributed by atoms with Gasteiger partial charge in [0.1, 0.15) is 6.04 Å². The number of ether oxygens (including phenoxy) is 1. The van der Waals surface area contributed by atoms with Crippen molar-refractivity contribution in [2.45, 2.75) is 32.7 Å². The van der Waals surface area contributed by atoms with Gasteiger partial charge in [-0.25, -0.2) is 0 Å². The fraction of sp³-hybridized carbons (Fsp3) is 0.889. The zero-order chi connectivity index (χ0) is 10.1. The molecule has 78 valence electrons. The maximum Gasteiger partial charge on any atom is 0.322 e. The first-order chi connectivity index (χ1) is 6.22. The van der Waals surface area contributed by atoms with Crippen LogP contribution >= 0.6 is 0 Å². The number of carbonyl (C=O) groups is 1. The molecule has 0 saturated carbocycles. The predicted molar refractivity (Wildman–Crippen MR) is 50.4 cm³/mol. The van der Waals surface area contributed by atoms with E-state index in [4.69, 9.17) is 9.84 Å². The van der Waals surface area contributed by atoms with Crippen LogP contribution in [0.1, 0.15) is 26.7 Å². The molecule has 1 unspecified atom stereocenters. The van der Waals surface area contributed by atoms with E-state index in [1.807, 2.05) is 0 Å². The number of esters is 1. The van der Waals surface area contributed by atoms with Crippen molar-refractivity contribution in [2.24, 2.45) is 0 Å². The predicted octanol–water partition coefficient (Wildman–Crippen LogP) is 0.300. The first-order valence-corrected chi connectivity index (χ1v) is 4.73. The van der Waals surface area contributed by atoms with Gasteiger partial charge < -0.3 is 15.2 Å². The van der Waals surface area contributed by atoms with Crippen LogP contribution in [0, 0.1) is 0 Å². The molecular formula is C9H19NO3. The number of hydrogen-bond donors (Lipinski definition) is 2. The van der Waals surface area contributed by atoms with Gasteiger partial charge in [-0.15, -0.1) is 0 Å². The Kier molecular flexibility index (Phi) is 7.63. The van der Waals surface area contributed by atoms with E-state index in [-0.39, 0.29) is 18.6 Å². The number of aliphatic hydroxyl groups excluding tert-OH is 1. The van der Waals surface area contributed by atoms with Gasteiger partial charge in [-0.05, 0) is 33.2 Å². The Hall–Kier alpha value is -0.610. The van der Waals surface area contributed by atoms with Crippen molar-refractivity contribution < 1.29 is 14.6 Å². The quantitative estimate of drug-likeness (QED) is 0.447. The second kappa shape index (κ2) is 8.01. The van der Waals surface area contributed by atoms with Gasteiger partial charge in [0.25, 0.3) is 0 Å². The maximum absolute atomic E-state index is 11.1. The van der Waals surface area contributed by atoms with E-state index >= 15 is 0 Å². The Bertz CT molecular complexity index is 139. The lowest BCUT2D eigenvalue weighted by Gasteiger charge is -2.11. The van der Waals surface area contributed by atoms with Gasteiger partial charge in [0.15, 0.2) is 0 Å². The van der Waals surface area contributed by atoms with E-state index < -0.39 is 0 Å². The molecule has 0 saturated heterocycles. The van der Waals surface area contributed by atoms with E-state index in [1.54, 1.807) is 13.8 Å². The molecule has 2 N–H and O–H groups in total. The number of unbranched alkanes of at least 4 members (excludes halogenated alkanes) is 1. The molecule has 0 aromatic rings. The number of aliphatic hydroxyl groups is 1. The first-order valence-electron chi connectivity index (χ1n) is 4.73. The monoisotopic (exact) mass is 189 g/mol. The maximum atomic E-state index is 11.1. The van der Waals surface area contributed by atoms with Crippen LogP contribution in [0.2, 0.25) is 0 Å². The van der Waals surface area contributed by atoms with E-state index in [9.17, 15) is 4.79 Å². The van der Waals surface area contributed by atoms with Gasteiger partial charge in [0.2, 0.25) is 0 Å². The van der Waals surface area contributed by atoms with E-state index in [0.717, 1.165) is 19.4 Å². The van der Waals surface area contributed by atoms with Crippen LogP contribution in [-0.2, 0) is 9.53 Å². The van der Waals surface area contributed by atoms with Crippen molar-refractivity contribution in [2.75, 3.05) is 19.8 Å². The second-order valence-electron chi connectivity index (χ2n) is 2.86. The van der Waals surface area contributed by atoms with E-state index in [1.165, 1.54) is 0 Å². The molecule has 0 radical (unpaired) electrons. The summed E-state index contributed by atoms with van der Waals surface area (Å²) in [5.74, 6) is -0.216. The summed E-state index contributed by atoms with van der Waals surface area (Å²) in [6, 6.07) is -0.251. The molecule has 0 aromatic carbocycles. The molecule has 0 bridgehead atoms. The molecule has 1 atom stereocenters. The lowest BCUT2D eigenvalue weighted by atomic mass is 10.3. The van der Waals surface area contributed by atoms with Gasteiger partial charge in [0, 0.05) is 6.61 Å². The zero-order valence-corrected chi connectivity index (χ0v) is 8.38. The van der Waals surface area contributed by atoms with Crippen molar-refractivity contribution >= 4 is 5.97 Å². The highest BCUT2D eigenvalue weighted by molar-refractivity contribution is 5.75. The summed E-state index contributed by atoms with van der Waals surface area (Å²) in [6.45, 7) is 4.92. The number of nitrogens with one attached hydrogen (secondary N) is 1. The van der Waals surface area contributed by atoms with Crippen molar-refractivity contribution in [1.82, 2.24) is 5.32 Å². The summed E-state index contributed by atoms with van der Waals surface area (Å²) in [6.07, 6.45) is 1.64. The average Bonchev–Trinajstić information content (AvgIpc) is 2.12. The van der Waals surface area contributed by atoms with E-state index in [0.29, 0.717) is 6.61 Å². The molecule has 0 fully saturated rings. The van der Waals surface area contributed by atoms with Crippen LogP contribution in [0.15, 0.2) is 0 Å². The highest BCUT2D eigenvalue weighted by Crippen LogP contribution is 1.90. The lowest BCUT2D eigenvalue weighted by molar-refractivity contribution is -0.145. The van der Waals surface area contributed by atoms with Gasteiger partial charge in [0.05, 0.1) is 6.61 Å². The molecule has 4 nitrogen and oxygen atoms in total. The zero-order valence-electron chi connectivity index (χ0n) is 8.38. The molecule has 0 aromatic heterocycles. The van der Waals surface area contributed by atoms with Gasteiger partial charge in [-0.1, -0.05) is 0 Å². The Morgan fingerprint density at radius 3 is 2.77 bits per heavy atom. The van der Waals surface area contributed by atoms with Crippen LogP contribution in [0.3, 0.4) is 0 Å². The first kappa shape index (κ1) is 12.4.